The summed E-state index contributed by atoms with van der Waals surface area (Å²) in [6.07, 6.45) is 8.27. The molecular formula is C19H28FN5O2. The number of nitrogen functional groups attached to an aromatic ring is 1. The lowest BCUT2D eigenvalue weighted by Gasteiger charge is -2.17. The van der Waals surface area contributed by atoms with Crippen molar-refractivity contribution in [3.05, 3.63) is 42.1 Å². The van der Waals surface area contributed by atoms with Gasteiger partial charge in [-0.05, 0) is 25.8 Å². The summed E-state index contributed by atoms with van der Waals surface area (Å²) in [7, 11) is 1.64. The van der Waals surface area contributed by atoms with Crippen LogP contribution in [0.25, 0.3) is 0 Å². The third-order valence-corrected chi connectivity index (χ3v) is 3.67. The van der Waals surface area contributed by atoms with E-state index in [0.717, 1.165) is 12.0 Å². The summed E-state index contributed by atoms with van der Waals surface area (Å²) < 4.78 is 17.9. The van der Waals surface area contributed by atoms with Gasteiger partial charge in [0.25, 0.3) is 0 Å². The molecule has 0 aliphatic rings. The van der Waals surface area contributed by atoms with Crippen LogP contribution < -0.4 is 5.73 Å². The van der Waals surface area contributed by atoms with Crippen LogP contribution in [-0.4, -0.2) is 47.4 Å². The summed E-state index contributed by atoms with van der Waals surface area (Å²) in [5, 5.41) is 5.45. The molecule has 0 bridgehead atoms. The Balaban J connectivity index is 2.96. The summed E-state index contributed by atoms with van der Waals surface area (Å²) in [5.41, 5.74) is 7.35. The van der Waals surface area contributed by atoms with Crippen LogP contribution >= 0.6 is 0 Å². The third kappa shape index (κ3) is 7.55. The molecule has 0 radical (unpaired) electrons. The largest absolute Gasteiger partial charge is 0.465 e. The van der Waals surface area contributed by atoms with E-state index in [1.54, 1.807) is 26.1 Å². The first kappa shape index (κ1) is 22.3. The number of hydrogen-bond donors (Lipinski definition) is 1. The van der Waals surface area contributed by atoms with Crippen LogP contribution in [0, 0.1) is 0 Å². The number of carbonyl (C=O) groups excluding carboxylic acids is 1. The number of likely N-dealkylation sites (N-methyl/N-ethyl adjacent to an activating group) is 1. The van der Waals surface area contributed by atoms with Crippen molar-refractivity contribution < 1.29 is 13.9 Å². The van der Waals surface area contributed by atoms with Crippen LogP contribution in [-0.2, 0) is 16.0 Å². The Bertz CT molecular complexity index is 691. The Morgan fingerprint density at radius 1 is 1.48 bits per heavy atom. The number of halogens is 1. The van der Waals surface area contributed by atoms with Crippen molar-refractivity contribution in [3.63, 3.8) is 0 Å². The van der Waals surface area contributed by atoms with Crippen molar-refractivity contribution in [2.75, 3.05) is 25.9 Å². The Hall–Kier alpha value is -2.77. The maximum Gasteiger partial charge on any atom is 0.315 e. The molecule has 8 heteroatoms. The number of esters is 1. The zero-order valence-corrected chi connectivity index (χ0v) is 16.2. The standard InChI is InChI=1S/C19H28FN5O2/c1-5-9-15-17(22-13-23-18(15)21)16(19(26)27-6-2)10-7-8-11-24-25(4)12-14(3)20/h7-8,11,13,16H,3,5-6,9-10,12H2,1-2,4H3,(H2,21,22,23)/b8-7+,24-11-. The number of nitrogens with two attached hydrogens (primary N) is 1. The summed E-state index contributed by atoms with van der Waals surface area (Å²) >= 11 is 0. The fourth-order valence-corrected chi connectivity index (χ4v) is 2.53. The Morgan fingerprint density at radius 2 is 2.22 bits per heavy atom. The summed E-state index contributed by atoms with van der Waals surface area (Å²) in [4.78, 5) is 20.8. The van der Waals surface area contributed by atoms with Crippen molar-refractivity contribution in [2.24, 2.45) is 5.10 Å². The number of hydrogen-bond acceptors (Lipinski definition) is 7. The zero-order chi connectivity index (χ0) is 20.2. The van der Waals surface area contributed by atoms with E-state index >= 15 is 0 Å². The first-order valence-electron chi connectivity index (χ1n) is 8.90. The Labute approximate surface area is 159 Å². The fourth-order valence-electron chi connectivity index (χ4n) is 2.53. The van der Waals surface area contributed by atoms with E-state index in [9.17, 15) is 9.18 Å². The molecule has 0 saturated heterocycles. The van der Waals surface area contributed by atoms with Gasteiger partial charge in [-0.15, -0.1) is 0 Å². The average Bonchev–Trinajstić information content (AvgIpc) is 2.60. The van der Waals surface area contributed by atoms with Crippen molar-refractivity contribution >= 4 is 18.0 Å². The van der Waals surface area contributed by atoms with Gasteiger partial charge in [-0.1, -0.05) is 26.0 Å². The predicted molar refractivity (Wildman–Crippen MR) is 105 cm³/mol. The van der Waals surface area contributed by atoms with E-state index in [2.05, 4.69) is 21.6 Å². The fraction of sp³-hybridized carbons (Fsp3) is 0.474. The topological polar surface area (TPSA) is 93.7 Å². The summed E-state index contributed by atoms with van der Waals surface area (Å²) in [6, 6.07) is 0. The van der Waals surface area contributed by atoms with E-state index in [4.69, 9.17) is 10.5 Å². The number of nitrogens with zero attached hydrogens (tertiary/aromatic N) is 4. The number of rotatable bonds is 11. The van der Waals surface area contributed by atoms with E-state index in [0.29, 0.717) is 24.4 Å². The number of aromatic nitrogens is 2. The number of allylic oxidation sites excluding steroid dienone is 2. The SMILES string of the molecule is C=C(F)CN(C)/N=C\C=C\CC(C(=O)OCC)c1ncnc(N)c1CCC. The molecule has 0 saturated carbocycles. The lowest BCUT2D eigenvalue weighted by atomic mass is 9.94. The smallest absolute Gasteiger partial charge is 0.315 e. The number of ether oxygens (including phenoxy) is 1. The lowest BCUT2D eigenvalue weighted by Crippen LogP contribution is -2.19. The minimum Gasteiger partial charge on any atom is -0.465 e. The van der Waals surface area contributed by atoms with Crippen LogP contribution in [0.4, 0.5) is 10.2 Å². The maximum atomic E-state index is 12.7. The first-order valence-corrected chi connectivity index (χ1v) is 8.90. The summed E-state index contributed by atoms with van der Waals surface area (Å²) in [6.45, 7) is 7.27. The van der Waals surface area contributed by atoms with Crippen molar-refractivity contribution in [1.82, 2.24) is 15.0 Å². The van der Waals surface area contributed by atoms with E-state index in [1.807, 2.05) is 6.92 Å². The van der Waals surface area contributed by atoms with Gasteiger partial charge >= 0.3 is 5.97 Å². The molecular weight excluding hydrogens is 349 g/mol. The highest BCUT2D eigenvalue weighted by atomic mass is 19.1. The highest BCUT2D eigenvalue weighted by molar-refractivity contribution is 5.79. The molecule has 1 atom stereocenters. The van der Waals surface area contributed by atoms with Crippen LogP contribution in [0.3, 0.4) is 0 Å². The van der Waals surface area contributed by atoms with Crippen molar-refractivity contribution in [2.45, 2.75) is 39.0 Å². The van der Waals surface area contributed by atoms with Gasteiger partial charge in [0.1, 0.15) is 23.9 Å². The molecule has 2 N–H and O–H groups in total. The third-order valence-electron chi connectivity index (χ3n) is 3.67. The van der Waals surface area contributed by atoms with Gasteiger partial charge in [-0.2, -0.15) is 5.10 Å². The van der Waals surface area contributed by atoms with Crippen molar-refractivity contribution in [3.8, 4) is 0 Å². The molecule has 0 aliphatic heterocycles. The van der Waals surface area contributed by atoms with Gasteiger partial charge in [0.15, 0.2) is 0 Å². The predicted octanol–water partition coefficient (Wildman–Crippen LogP) is 3.01. The van der Waals surface area contributed by atoms with Crippen LogP contribution in [0.1, 0.15) is 43.9 Å². The second kappa shape index (κ2) is 11.8. The van der Waals surface area contributed by atoms with Gasteiger partial charge in [0.2, 0.25) is 0 Å². The minimum absolute atomic E-state index is 0.0242. The second-order valence-corrected chi connectivity index (χ2v) is 5.94. The molecule has 1 heterocycles. The molecule has 0 spiro atoms. The molecule has 0 amide bonds. The van der Waals surface area contributed by atoms with Gasteiger partial charge in [-0.3, -0.25) is 9.80 Å². The molecule has 0 aliphatic carbocycles. The molecule has 1 aromatic heterocycles. The van der Waals surface area contributed by atoms with Gasteiger partial charge in [0.05, 0.1) is 18.8 Å². The zero-order valence-electron chi connectivity index (χ0n) is 16.2. The van der Waals surface area contributed by atoms with Crippen LogP contribution in [0.5, 0.6) is 0 Å². The van der Waals surface area contributed by atoms with E-state index < -0.39 is 11.7 Å². The Morgan fingerprint density at radius 3 is 2.85 bits per heavy atom. The maximum absolute atomic E-state index is 12.7. The van der Waals surface area contributed by atoms with Gasteiger partial charge < -0.3 is 10.5 Å². The Kier molecular flexibility index (Phi) is 9.71. The quantitative estimate of drug-likeness (QED) is 0.362. The van der Waals surface area contributed by atoms with E-state index in [1.165, 1.54) is 17.6 Å². The normalized spacial score (nSPS) is 12.4. The second-order valence-electron chi connectivity index (χ2n) is 5.94. The van der Waals surface area contributed by atoms with Crippen LogP contribution in [0.2, 0.25) is 0 Å². The molecule has 1 aromatic rings. The monoisotopic (exact) mass is 377 g/mol. The number of carbonyl (C=O) groups is 1. The molecule has 27 heavy (non-hydrogen) atoms. The molecule has 148 valence electrons. The number of anilines is 1. The highest BCUT2D eigenvalue weighted by Crippen LogP contribution is 2.27. The van der Waals surface area contributed by atoms with Gasteiger partial charge in [-0.25, -0.2) is 14.4 Å². The first-order chi connectivity index (χ1) is 12.9. The highest BCUT2D eigenvalue weighted by Gasteiger charge is 2.26. The van der Waals surface area contributed by atoms with Crippen molar-refractivity contribution in [1.29, 1.82) is 0 Å². The molecule has 7 nitrogen and oxygen atoms in total. The molecule has 0 fully saturated rings. The van der Waals surface area contributed by atoms with Crippen LogP contribution in [0.15, 0.2) is 36.0 Å². The molecule has 1 rings (SSSR count). The van der Waals surface area contributed by atoms with E-state index in [-0.39, 0.29) is 19.1 Å². The molecule has 0 aromatic carbocycles. The lowest BCUT2D eigenvalue weighted by molar-refractivity contribution is -0.145. The summed E-state index contributed by atoms with van der Waals surface area (Å²) in [5.74, 6) is -1.02. The minimum atomic E-state index is -0.579. The number of hydrazone groups is 1. The molecule has 1 unspecified atom stereocenters. The average molecular weight is 377 g/mol. The van der Waals surface area contributed by atoms with Gasteiger partial charge in [0, 0.05) is 18.8 Å².